The molecule has 0 aliphatic heterocycles. The van der Waals surface area contributed by atoms with Gasteiger partial charge in [-0.25, -0.2) is 0 Å². The maximum atomic E-state index is 5.73. The molecule has 78 valence electrons. The van der Waals surface area contributed by atoms with Crippen LogP contribution in [0.25, 0.3) is 0 Å². The number of nitrogens with two attached hydrogens (primary N) is 1. The Balaban J connectivity index is 1.75. The summed E-state index contributed by atoms with van der Waals surface area (Å²) in [4.78, 5) is 2.93. The van der Waals surface area contributed by atoms with E-state index < -0.39 is 0 Å². The van der Waals surface area contributed by atoms with Crippen molar-refractivity contribution in [1.29, 1.82) is 0 Å². The molecular formula is C11H18N2S. The van der Waals surface area contributed by atoms with E-state index in [9.17, 15) is 0 Å². The lowest BCUT2D eigenvalue weighted by molar-refractivity contribution is 0.291. The molecule has 0 bridgehead atoms. The van der Waals surface area contributed by atoms with Gasteiger partial charge in [0, 0.05) is 28.4 Å². The van der Waals surface area contributed by atoms with Gasteiger partial charge < -0.3 is 11.1 Å². The van der Waals surface area contributed by atoms with Gasteiger partial charge in [-0.3, -0.25) is 0 Å². The molecule has 0 atom stereocenters. The Bertz CT molecular complexity index is 289. The minimum Gasteiger partial charge on any atom is -0.328 e. The Labute approximate surface area is 89.5 Å². The molecule has 1 aliphatic carbocycles. The molecule has 1 saturated carbocycles. The van der Waals surface area contributed by atoms with Gasteiger partial charge >= 0.3 is 0 Å². The Morgan fingerprint density at radius 3 is 2.71 bits per heavy atom. The predicted octanol–water partition coefficient (Wildman–Crippen LogP) is 1.89. The summed E-state index contributed by atoms with van der Waals surface area (Å²) in [5, 5.41) is 3.53. The molecule has 1 aromatic heterocycles. The van der Waals surface area contributed by atoms with E-state index in [4.69, 9.17) is 5.73 Å². The molecule has 2 rings (SSSR count). The van der Waals surface area contributed by atoms with Crippen molar-refractivity contribution in [2.45, 2.75) is 44.8 Å². The zero-order valence-electron chi connectivity index (χ0n) is 8.62. The lowest BCUT2D eigenvalue weighted by Gasteiger charge is -2.33. The maximum Gasteiger partial charge on any atom is 0.0302 e. The molecule has 0 saturated heterocycles. The minimum absolute atomic E-state index is 0.446. The van der Waals surface area contributed by atoms with Crippen molar-refractivity contribution in [2.24, 2.45) is 5.73 Å². The molecule has 0 unspecified atom stereocenters. The fourth-order valence-electron chi connectivity index (χ4n) is 1.78. The highest BCUT2D eigenvalue weighted by Crippen LogP contribution is 2.20. The molecule has 0 amide bonds. The van der Waals surface area contributed by atoms with Crippen LogP contribution in [0, 0.1) is 0 Å². The topological polar surface area (TPSA) is 38.0 Å². The zero-order valence-corrected chi connectivity index (χ0v) is 9.44. The summed E-state index contributed by atoms with van der Waals surface area (Å²) in [6.45, 7) is 3.22. The molecular weight excluding hydrogens is 192 g/mol. The summed E-state index contributed by atoms with van der Waals surface area (Å²) in [7, 11) is 0. The molecule has 0 aromatic carbocycles. The summed E-state index contributed by atoms with van der Waals surface area (Å²) in [6, 6.07) is 5.57. The van der Waals surface area contributed by atoms with Gasteiger partial charge in [-0.2, -0.15) is 0 Å². The molecule has 1 aliphatic rings. The standard InChI is InChI=1S/C11H18N2S/c1-2-10-3-4-11(14-10)7-13-9-5-8(12)6-9/h3-4,8-9,13H,2,5-7,12H2,1H3. The first kappa shape index (κ1) is 10.1. The highest BCUT2D eigenvalue weighted by molar-refractivity contribution is 7.11. The zero-order chi connectivity index (χ0) is 9.97. The van der Waals surface area contributed by atoms with Gasteiger partial charge in [-0.05, 0) is 31.4 Å². The second-order valence-corrected chi connectivity index (χ2v) is 5.28. The van der Waals surface area contributed by atoms with Crippen molar-refractivity contribution in [2.75, 3.05) is 0 Å². The van der Waals surface area contributed by atoms with E-state index in [1.165, 1.54) is 9.75 Å². The largest absolute Gasteiger partial charge is 0.328 e. The van der Waals surface area contributed by atoms with Crippen LogP contribution in [-0.4, -0.2) is 12.1 Å². The Morgan fingerprint density at radius 2 is 2.14 bits per heavy atom. The molecule has 0 radical (unpaired) electrons. The van der Waals surface area contributed by atoms with Crippen LogP contribution in [-0.2, 0) is 13.0 Å². The Kier molecular flexibility index (Phi) is 3.21. The average molecular weight is 210 g/mol. The van der Waals surface area contributed by atoms with Crippen molar-refractivity contribution >= 4 is 11.3 Å². The quantitative estimate of drug-likeness (QED) is 0.796. The first-order valence-electron chi connectivity index (χ1n) is 5.34. The summed E-state index contributed by atoms with van der Waals surface area (Å²) in [6.07, 6.45) is 3.44. The van der Waals surface area contributed by atoms with E-state index in [0.29, 0.717) is 12.1 Å². The molecule has 1 heterocycles. The monoisotopic (exact) mass is 210 g/mol. The first-order chi connectivity index (χ1) is 6.78. The van der Waals surface area contributed by atoms with Crippen molar-refractivity contribution in [3.63, 3.8) is 0 Å². The fraction of sp³-hybridized carbons (Fsp3) is 0.636. The van der Waals surface area contributed by atoms with E-state index in [0.717, 1.165) is 25.8 Å². The SMILES string of the molecule is CCc1ccc(CNC2CC(N)C2)s1. The summed E-state index contributed by atoms with van der Waals surface area (Å²) >= 11 is 1.92. The van der Waals surface area contributed by atoms with Gasteiger partial charge in [-0.1, -0.05) is 6.92 Å². The molecule has 3 N–H and O–H groups in total. The minimum atomic E-state index is 0.446. The van der Waals surface area contributed by atoms with Crippen LogP contribution in [0.3, 0.4) is 0 Å². The smallest absolute Gasteiger partial charge is 0.0302 e. The molecule has 1 aromatic rings. The van der Waals surface area contributed by atoms with E-state index in [1.807, 2.05) is 11.3 Å². The number of nitrogens with one attached hydrogen (secondary N) is 1. The highest BCUT2D eigenvalue weighted by Gasteiger charge is 2.24. The van der Waals surface area contributed by atoms with Crippen LogP contribution in [0.2, 0.25) is 0 Å². The summed E-state index contributed by atoms with van der Waals surface area (Å²) in [5.41, 5.74) is 5.73. The van der Waals surface area contributed by atoms with Crippen molar-refractivity contribution in [1.82, 2.24) is 5.32 Å². The van der Waals surface area contributed by atoms with Crippen LogP contribution in [0.4, 0.5) is 0 Å². The van der Waals surface area contributed by atoms with E-state index >= 15 is 0 Å². The highest BCUT2D eigenvalue weighted by atomic mass is 32.1. The third-order valence-corrected chi connectivity index (χ3v) is 4.03. The van der Waals surface area contributed by atoms with Crippen LogP contribution >= 0.6 is 11.3 Å². The maximum absolute atomic E-state index is 5.73. The molecule has 3 heteroatoms. The third kappa shape index (κ3) is 2.35. The number of hydrogen-bond acceptors (Lipinski definition) is 3. The molecule has 14 heavy (non-hydrogen) atoms. The second kappa shape index (κ2) is 4.43. The number of hydrogen-bond donors (Lipinski definition) is 2. The van der Waals surface area contributed by atoms with Gasteiger partial charge in [0.1, 0.15) is 0 Å². The van der Waals surface area contributed by atoms with Crippen LogP contribution in [0.15, 0.2) is 12.1 Å². The molecule has 0 spiro atoms. The predicted molar refractivity (Wildman–Crippen MR) is 61.5 cm³/mol. The molecule has 1 fully saturated rings. The van der Waals surface area contributed by atoms with Crippen molar-refractivity contribution in [3.05, 3.63) is 21.9 Å². The van der Waals surface area contributed by atoms with Gasteiger partial charge in [0.15, 0.2) is 0 Å². The summed E-state index contributed by atoms with van der Waals surface area (Å²) < 4.78 is 0. The van der Waals surface area contributed by atoms with Crippen LogP contribution in [0.1, 0.15) is 29.5 Å². The van der Waals surface area contributed by atoms with Crippen molar-refractivity contribution < 1.29 is 0 Å². The normalized spacial score (nSPS) is 26.1. The number of thiophene rings is 1. The molecule has 2 nitrogen and oxygen atoms in total. The number of aryl methyl sites for hydroxylation is 1. The first-order valence-corrected chi connectivity index (χ1v) is 6.16. The van der Waals surface area contributed by atoms with Crippen LogP contribution < -0.4 is 11.1 Å². The average Bonchev–Trinajstić information content (AvgIpc) is 2.58. The fourth-order valence-corrected chi connectivity index (χ4v) is 2.69. The third-order valence-electron chi connectivity index (χ3n) is 2.81. The summed E-state index contributed by atoms with van der Waals surface area (Å²) in [5.74, 6) is 0. The second-order valence-electron chi connectivity index (χ2n) is 4.03. The van der Waals surface area contributed by atoms with Crippen LogP contribution in [0.5, 0.6) is 0 Å². The van der Waals surface area contributed by atoms with Gasteiger partial charge in [-0.15, -0.1) is 11.3 Å². The van der Waals surface area contributed by atoms with E-state index in [1.54, 1.807) is 0 Å². The van der Waals surface area contributed by atoms with E-state index in [-0.39, 0.29) is 0 Å². The van der Waals surface area contributed by atoms with Crippen molar-refractivity contribution in [3.8, 4) is 0 Å². The number of rotatable bonds is 4. The van der Waals surface area contributed by atoms with Gasteiger partial charge in [0.2, 0.25) is 0 Å². The lowest BCUT2D eigenvalue weighted by atomic mass is 9.88. The lowest BCUT2D eigenvalue weighted by Crippen LogP contribution is -2.47. The Morgan fingerprint density at radius 1 is 1.43 bits per heavy atom. The van der Waals surface area contributed by atoms with Gasteiger partial charge in [0.25, 0.3) is 0 Å². The van der Waals surface area contributed by atoms with E-state index in [2.05, 4.69) is 24.4 Å². The van der Waals surface area contributed by atoms with Gasteiger partial charge in [0.05, 0.1) is 0 Å². The Hall–Kier alpha value is -0.380.